The van der Waals surface area contributed by atoms with Crippen molar-refractivity contribution in [1.82, 2.24) is 0 Å². The van der Waals surface area contributed by atoms with Gasteiger partial charge in [-0.25, -0.2) is 0 Å². The molecule has 9 heteroatoms. The van der Waals surface area contributed by atoms with Gasteiger partial charge in [0.05, 0.1) is 13.7 Å². The van der Waals surface area contributed by atoms with E-state index in [1.54, 1.807) is 27.7 Å². The van der Waals surface area contributed by atoms with Gasteiger partial charge in [0.1, 0.15) is 11.9 Å². The number of aliphatic imine (C=N–C) groups is 1. The minimum absolute atomic E-state index is 0.00442. The van der Waals surface area contributed by atoms with Crippen LogP contribution in [0.1, 0.15) is 44.6 Å². The first kappa shape index (κ1) is 29.3. The topological polar surface area (TPSA) is 105 Å². The molecule has 2 N–H and O–H groups in total. The number of aromatic hydroxyl groups is 2. The summed E-state index contributed by atoms with van der Waals surface area (Å²) < 4.78 is 11.2. The van der Waals surface area contributed by atoms with Crippen LogP contribution in [-0.2, 0) is 14.3 Å². The maximum atomic E-state index is 13.6. The van der Waals surface area contributed by atoms with Gasteiger partial charge < -0.3 is 19.7 Å². The van der Waals surface area contributed by atoms with Crippen molar-refractivity contribution in [2.24, 2.45) is 28.7 Å². The molecular weight excluding hydrogens is 534 g/mol. The van der Waals surface area contributed by atoms with Gasteiger partial charge in [0.2, 0.25) is 5.75 Å². The van der Waals surface area contributed by atoms with Crippen LogP contribution in [0.2, 0.25) is 0 Å². The van der Waals surface area contributed by atoms with Crippen LogP contribution in [-0.4, -0.2) is 59.4 Å². The molecule has 39 heavy (non-hydrogen) atoms. The van der Waals surface area contributed by atoms with Gasteiger partial charge >= 0.3 is 5.97 Å². The summed E-state index contributed by atoms with van der Waals surface area (Å²) in [5.74, 6) is 1.03. The van der Waals surface area contributed by atoms with Crippen molar-refractivity contribution in [2.45, 2.75) is 45.1 Å². The highest BCUT2D eigenvalue weighted by atomic mass is 33.1. The van der Waals surface area contributed by atoms with Crippen LogP contribution in [0.25, 0.3) is 0 Å². The molecule has 0 bridgehead atoms. The van der Waals surface area contributed by atoms with E-state index in [0.717, 1.165) is 23.3 Å². The third-order valence-electron chi connectivity index (χ3n) is 7.79. The Morgan fingerprint density at radius 2 is 1.90 bits per heavy atom. The molecule has 1 saturated heterocycles. The van der Waals surface area contributed by atoms with Crippen molar-refractivity contribution < 1.29 is 29.3 Å². The number of Topliss-reactive ketones (excluding diaryl/α,β-unsaturated/α-hetero) is 1. The molecule has 3 aliphatic rings. The van der Waals surface area contributed by atoms with Crippen molar-refractivity contribution in [3.8, 4) is 17.2 Å². The van der Waals surface area contributed by atoms with Gasteiger partial charge in [-0.3, -0.25) is 14.6 Å². The second-order valence-electron chi connectivity index (χ2n) is 10.4. The van der Waals surface area contributed by atoms with Gasteiger partial charge in [0, 0.05) is 55.2 Å². The Balaban J connectivity index is 1.67. The summed E-state index contributed by atoms with van der Waals surface area (Å²) in [5, 5.41) is 20.4. The number of benzene rings is 1. The average Bonchev–Trinajstić information content (AvgIpc) is 3.42. The molecule has 0 amide bonds. The Bertz CT molecular complexity index is 1180. The molecule has 1 aliphatic carbocycles. The van der Waals surface area contributed by atoms with Gasteiger partial charge in [-0.15, -0.1) is 0 Å². The fourth-order valence-electron chi connectivity index (χ4n) is 5.64. The fraction of sp³-hybridized carbons (Fsp3) is 0.500. The number of hydrogen-bond donors (Lipinski definition) is 2. The Hall–Kier alpha value is -2.65. The molecule has 4 rings (SSSR count). The normalized spacial score (nSPS) is 29.5. The average molecular weight is 572 g/mol. The van der Waals surface area contributed by atoms with E-state index in [1.165, 1.54) is 20.1 Å². The number of ketones is 1. The lowest BCUT2D eigenvalue weighted by Gasteiger charge is -2.36. The predicted molar refractivity (Wildman–Crippen MR) is 158 cm³/mol. The largest absolute Gasteiger partial charge is 0.504 e. The molecule has 1 fully saturated rings. The second-order valence-corrected chi connectivity index (χ2v) is 13.0. The lowest BCUT2D eigenvalue weighted by Crippen LogP contribution is -2.37. The van der Waals surface area contributed by atoms with Crippen LogP contribution < -0.4 is 4.74 Å². The van der Waals surface area contributed by atoms with Crippen LogP contribution in [0.15, 0.2) is 53.1 Å². The van der Waals surface area contributed by atoms with Crippen molar-refractivity contribution in [1.29, 1.82) is 0 Å². The quantitative estimate of drug-likeness (QED) is 0.248. The number of methoxy groups -OCH3 is 1. The van der Waals surface area contributed by atoms with E-state index in [0.29, 0.717) is 18.2 Å². The molecule has 0 spiro atoms. The van der Waals surface area contributed by atoms with Crippen molar-refractivity contribution in [3.05, 3.63) is 53.6 Å². The highest BCUT2D eigenvalue weighted by Crippen LogP contribution is 2.44. The van der Waals surface area contributed by atoms with E-state index in [1.807, 2.05) is 6.21 Å². The number of hydrogen-bond acceptors (Lipinski definition) is 9. The summed E-state index contributed by atoms with van der Waals surface area (Å²) in [7, 11) is 4.86. The van der Waals surface area contributed by atoms with E-state index < -0.39 is 6.10 Å². The first-order valence-electron chi connectivity index (χ1n) is 13.3. The van der Waals surface area contributed by atoms with Gasteiger partial charge in [0.15, 0.2) is 11.5 Å². The van der Waals surface area contributed by atoms with Crippen LogP contribution in [0, 0.1) is 23.7 Å². The summed E-state index contributed by atoms with van der Waals surface area (Å²) in [4.78, 5) is 30.4. The number of rotatable bonds is 6. The number of phenolic OH excluding ortho intramolecular Hbond substituents is 2. The summed E-state index contributed by atoms with van der Waals surface area (Å²) in [6, 6.07) is 3.18. The predicted octanol–water partition coefficient (Wildman–Crippen LogP) is 5.88. The van der Waals surface area contributed by atoms with Crippen molar-refractivity contribution >= 4 is 39.6 Å². The zero-order valence-corrected chi connectivity index (χ0v) is 24.2. The maximum absolute atomic E-state index is 13.6. The standard InChI is InChI=1S/C30H37NO6S2/c1-18-6-4-5-7-20(18)11-25-26(21-8-9-31-15-21)17-39-38-16-23(10-24(33)14-28(25)37-19(2)32)22-12-27(34)30(35)29(13-22)36-3/h4-8,12-13,15,18,20,23,25-26,28,34-35H,9-11,14,16-17H2,1-3H3/t18-,20-,23-,25-,26+,28+/m1/s1. The first-order chi connectivity index (χ1) is 18.8. The molecule has 2 heterocycles. The summed E-state index contributed by atoms with van der Waals surface area (Å²) in [6.45, 7) is 4.25. The Labute approximate surface area is 238 Å². The summed E-state index contributed by atoms with van der Waals surface area (Å²) in [5.41, 5.74) is 1.86. The molecule has 7 nitrogen and oxygen atoms in total. The van der Waals surface area contributed by atoms with Crippen molar-refractivity contribution in [2.75, 3.05) is 25.2 Å². The minimum Gasteiger partial charge on any atom is -0.504 e. The van der Waals surface area contributed by atoms with Crippen LogP contribution in [0.3, 0.4) is 0 Å². The number of ether oxygens (including phenoxy) is 2. The third-order valence-corrected chi connectivity index (χ3v) is 10.3. The third kappa shape index (κ3) is 7.51. The molecule has 1 aromatic rings. The second kappa shape index (κ2) is 13.6. The van der Waals surface area contributed by atoms with Crippen LogP contribution in [0.4, 0.5) is 0 Å². The van der Waals surface area contributed by atoms with E-state index in [9.17, 15) is 19.8 Å². The molecular formula is C30H37NO6S2. The van der Waals surface area contributed by atoms with E-state index in [4.69, 9.17) is 9.47 Å². The highest BCUT2D eigenvalue weighted by Gasteiger charge is 2.38. The van der Waals surface area contributed by atoms with Gasteiger partial charge in [-0.1, -0.05) is 58.9 Å². The summed E-state index contributed by atoms with van der Waals surface area (Å²) in [6.07, 6.45) is 13.2. The van der Waals surface area contributed by atoms with E-state index in [-0.39, 0.29) is 65.5 Å². The number of esters is 1. The molecule has 0 unspecified atom stereocenters. The minimum atomic E-state index is -0.562. The van der Waals surface area contributed by atoms with Crippen molar-refractivity contribution in [3.63, 3.8) is 0 Å². The van der Waals surface area contributed by atoms with Gasteiger partial charge in [-0.05, 0) is 41.5 Å². The number of nitrogens with zero attached hydrogens (tertiary/aromatic N) is 1. The van der Waals surface area contributed by atoms with E-state index >= 15 is 0 Å². The monoisotopic (exact) mass is 571 g/mol. The number of allylic oxidation sites excluding steroid dienone is 5. The van der Waals surface area contributed by atoms with E-state index in [2.05, 4.69) is 42.3 Å². The summed E-state index contributed by atoms with van der Waals surface area (Å²) >= 11 is 0. The molecule has 2 aliphatic heterocycles. The van der Waals surface area contributed by atoms with Crippen LogP contribution in [0.5, 0.6) is 17.2 Å². The van der Waals surface area contributed by atoms with Gasteiger partial charge in [-0.2, -0.15) is 0 Å². The van der Waals surface area contributed by atoms with Crippen LogP contribution >= 0.6 is 21.6 Å². The fourth-order valence-corrected chi connectivity index (χ4v) is 8.40. The highest BCUT2D eigenvalue weighted by molar-refractivity contribution is 8.76. The maximum Gasteiger partial charge on any atom is 0.302 e. The molecule has 0 radical (unpaired) electrons. The molecule has 0 aromatic heterocycles. The Kier molecular flexibility index (Phi) is 10.2. The number of carbonyl (C=O) groups is 2. The molecule has 6 atom stereocenters. The Morgan fingerprint density at radius 3 is 2.59 bits per heavy atom. The van der Waals surface area contributed by atoms with Gasteiger partial charge in [0.25, 0.3) is 0 Å². The number of phenols is 2. The molecule has 1 aromatic carbocycles. The zero-order chi connectivity index (χ0) is 27.9. The first-order valence-corrected chi connectivity index (χ1v) is 15.8. The lowest BCUT2D eigenvalue weighted by atomic mass is 9.73. The smallest absolute Gasteiger partial charge is 0.302 e. The molecule has 210 valence electrons. The lowest BCUT2D eigenvalue weighted by molar-refractivity contribution is -0.151. The SMILES string of the molecule is COc1cc([C@H]2CSSC[C@@H](C3=CCN=C3)[C@@H](C[C@H]3C=CC=C[C@H]3C)[C@@H](OC(C)=O)CC(=O)C2)cc(O)c1O. The Morgan fingerprint density at radius 1 is 1.13 bits per heavy atom. The zero-order valence-electron chi connectivity index (χ0n) is 22.6. The number of carbonyl (C=O) groups excluding carboxylic acids is 2. The molecule has 0 saturated carbocycles.